The summed E-state index contributed by atoms with van der Waals surface area (Å²) in [6, 6.07) is 50.5. The van der Waals surface area contributed by atoms with Gasteiger partial charge in [0.05, 0.1) is 73.8 Å². The molecule has 466 valence electrons. The topological polar surface area (TPSA) is 303 Å². The lowest BCUT2D eigenvalue weighted by atomic mass is 9.96. The van der Waals surface area contributed by atoms with Gasteiger partial charge in [0.2, 0.25) is 0 Å². The summed E-state index contributed by atoms with van der Waals surface area (Å²) in [5.41, 5.74) is 22.4. The first-order chi connectivity index (χ1) is 43.7. The summed E-state index contributed by atoms with van der Waals surface area (Å²) >= 11 is 0. The molecule has 0 aromatic heterocycles. The van der Waals surface area contributed by atoms with Crippen molar-refractivity contribution in [3.05, 3.63) is 231 Å². The Bertz CT molecular complexity index is 4030. The molecular weight excluding hydrogens is 1180 g/mol. The predicted octanol–water partition coefficient (Wildman–Crippen LogP) is 10.7. The van der Waals surface area contributed by atoms with Crippen LogP contribution in [0.4, 0.5) is 0 Å². The fourth-order valence-corrected chi connectivity index (χ4v) is 9.10. The molecule has 4 aliphatic rings. The summed E-state index contributed by atoms with van der Waals surface area (Å²) in [7, 11) is 6.14. The fraction of sp³-hybridized carbons (Fsp3) is 0.191. The monoisotopic (exact) mass is 1250 g/mol. The Morgan fingerprint density at radius 3 is 1.24 bits per heavy atom. The van der Waals surface area contributed by atoms with Gasteiger partial charge in [-0.15, -0.1) is 12.4 Å². The van der Waals surface area contributed by atoms with E-state index in [9.17, 15) is 24.0 Å². The summed E-state index contributed by atoms with van der Waals surface area (Å²) in [6.45, 7) is 4.09. The Morgan fingerprint density at radius 2 is 0.791 bits per heavy atom. The molecule has 4 aliphatic heterocycles. The van der Waals surface area contributed by atoms with Crippen molar-refractivity contribution in [1.82, 2.24) is 16.3 Å². The maximum absolute atomic E-state index is 12.4. The molecule has 7 aromatic carbocycles. The van der Waals surface area contributed by atoms with E-state index in [0.29, 0.717) is 59.4 Å². The highest BCUT2D eigenvalue weighted by atomic mass is 35.5. The SMILES string of the molecule is CCC1=NN=C(c2cccc(C(=O)NNC(=O)c3ccc(OC)cc3)c2)C1.CCC1=NN=C(c2cccc(C(=O)OC)c2)C1.COc1ccc(C(=O)NN)cc1.COc1ccc(C2=NN=C(c3cccc(C4=NN=C(Cc5ccc(C(=O)O)cc5)C4)c3)C2)cc1.Cl. The highest BCUT2D eigenvalue weighted by molar-refractivity contribution is 6.22. The van der Waals surface area contributed by atoms with Crippen molar-refractivity contribution < 1.29 is 48.0 Å². The highest BCUT2D eigenvalue weighted by Gasteiger charge is 2.21. The van der Waals surface area contributed by atoms with Crippen LogP contribution in [-0.2, 0) is 11.2 Å². The minimum Gasteiger partial charge on any atom is -0.497 e. The molecule has 0 spiro atoms. The second-order valence-corrected chi connectivity index (χ2v) is 20.1. The third-order valence-corrected chi connectivity index (χ3v) is 14.3. The third kappa shape index (κ3) is 18.7. The van der Waals surface area contributed by atoms with Crippen LogP contribution in [0, 0.1) is 0 Å². The Morgan fingerprint density at radius 1 is 0.418 bits per heavy atom. The number of hydrazine groups is 2. The number of benzene rings is 7. The quantitative estimate of drug-likeness (QED) is 0.0247. The smallest absolute Gasteiger partial charge is 0.337 e. The van der Waals surface area contributed by atoms with Gasteiger partial charge in [-0.1, -0.05) is 68.4 Å². The molecule has 0 radical (unpaired) electrons. The number of rotatable bonds is 17. The number of hydrogen-bond donors (Lipinski definition) is 5. The van der Waals surface area contributed by atoms with Crippen molar-refractivity contribution in [2.24, 2.45) is 46.7 Å². The van der Waals surface area contributed by atoms with Gasteiger partial charge in [0, 0.05) is 60.2 Å². The number of carbonyl (C=O) groups is 5. The van der Waals surface area contributed by atoms with Gasteiger partial charge in [0.15, 0.2) is 0 Å². The first-order valence-electron chi connectivity index (χ1n) is 28.5. The number of nitrogens with two attached hydrogens (primary N) is 1. The summed E-state index contributed by atoms with van der Waals surface area (Å²) in [5.74, 6) is 4.73. The van der Waals surface area contributed by atoms with Crippen LogP contribution in [0.1, 0.15) is 138 Å². The number of nitrogens with zero attached hydrogens (tertiary/aromatic N) is 8. The largest absolute Gasteiger partial charge is 0.497 e. The lowest BCUT2D eigenvalue weighted by Gasteiger charge is -2.09. The number of nitrogens with one attached hydrogen (secondary N) is 3. The first kappa shape index (κ1) is 67.4. The van der Waals surface area contributed by atoms with Gasteiger partial charge >= 0.3 is 11.9 Å². The van der Waals surface area contributed by atoms with Crippen molar-refractivity contribution >= 4 is 87.8 Å². The van der Waals surface area contributed by atoms with Crippen molar-refractivity contribution in [2.45, 2.75) is 58.8 Å². The van der Waals surface area contributed by atoms with Gasteiger partial charge in [0.1, 0.15) is 17.2 Å². The highest BCUT2D eigenvalue weighted by Crippen LogP contribution is 2.23. The van der Waals surface area contributed by atoms with Crippen molar-refractivity contribution in [3.63, 3.8) is 0 Å². The first-order valence-corrected chi connectivity index (χ1v) is 28.5. The molecule has 3 amide bonds. The molecule has 0 atom stereocenters. The molecule has 0 unspecified atom stereocenters. The number of amides is 3. The number of hydrogen-bond acceptors (Lipinski definition) is 18. The molecule has 0 bridgehead atoms. The average molecular weight is 1250 g/mol. The van der Waals surface area contributed by atoms with Crippen molar-refractivity contribution in [2.75, 3.05) is 28.4 Å². The minimum absolute atomic E-state index is 0. The van der Waals surface area contributed by atoms with E-state index in [4.69, 9.17) is 25.2 Å². The van der Waals surface area contributed by atoms with Gasteiger partial charge < -0.3 is 24.1 Å². The molecule has 7 aromatic rings. The molecular formula is C68H67ClN12O10. The fourth-order valence-electron chi connectivity index (χ4n) is 9.10. The molecule has 0 aliphatic carbocycles. The normalized spacial score (nSPS) is 13.2. The van der Waals surface area contributed by atoms with Crippen LogP contribution in [0.15, 0.2) is 211 Å². The molecule has 91 heavy (non-hydrogen) atoms. The number of ether oxygens (including phenoxy) is 4. The van der Waals surface area contributed by atoms with Gasteiger partial charge in [0.25, 0.3) is 17.7 Å². The van der Waals surface area contributed by atoms with Crippen LogP contribution in [0.25, 0.3) is 0 Å². The lowest BCUT2D eigenvalue weighted by Crippen LogP contribution is -2.41. The Labute approximate surface area is 531 Å². The molecule has 23 heteroatoms. The number of carboxylic acids is 1. The number of esters is 1. The second-order valence-electron chi connectivity index (χ2n) is 20.1. The lowest BCUT2D eigenvalue weighted by molar-refractivity contribution is 0.0599. The average Bonchev–Trinajstić information content (AvgIpc) is 2.17. The van der Waals surface area contributed by atoms with Crippen LogP contribution in [0.2, 0.25) is 0 Å². The third-order valence-electron chi connectivity index (χ3n) is 14.3. The van der Waals surface area contributed by atoms with Crippen molar-refractivity contribution in [3.8, 4) is 17.2 Å². The summed E-state index contributed by atoms with van der Waals surface area (Å²) in [6.07, 6.45) is 5.17. The van der Waals surface area contributed by atoms with Crippen LogP contribution < -0.4 is 36.3 Å². The zero-order chi connectivity index (χ0) is 63.9. The molecule has 6 N–H and O–H groups in total. The van der Waals surface area contributed by atoms with Gasteiger partial charge in [-0.05, 0) is 161 Å². The summed E-state index contributed by atoms with van der Waals surface area (Å²) in [5, 5.41) is 43.2. The Balaban J connectivity index is 0.000000184. The maximum Gasteiger partial charge on any atom is 0.337 e. The molecule has 0 saturated carbocycles. The van der Waals surface area contributed by atoms with E-state index < -0.39 is 17.8 Å². The van der Waals surface area contributed by atoms with Crippen LogP contribution in [0.5, 0.6) is 17.2 Å². The molecule has 11 rings (SSSR count). The number of carboxylic acid groups (broad SMARTS) is 1. The van der Waals surface area contributed by atoms with Crippen molar-refractivity contribution in [1.29, 1.82) is 0 Å². The Hall–Kier alpha value is -11.1. The predicted molar refractivity (Wildman–Crippen MR) is 355 cm³/mol. The van der Waals surface area contributed by atoms with Crippen LogP contribution >= 0.6 is 12.4 Å². The van der Waals surface area contributed by atoms with Gasteiger partial charge in [-0.2, -0.15) is 40.8 Å². The summed E-state index contributed by atoms with van der Waals surface area (Å²) in [4.78, 5) is 57.9. The number of methoxy groups -OCH3 is 4. The van der Waals surface area contributed by atoms with Gasteiger partial charge in [-0.25, -0.2) is 15.4 Å². The van der Waals surface area contributed by atoms with E-state index in [-0.39, 0.29) is 29.8 Å². The number of carbonyl (C=O) groups excluding carboxylic acids is 4. The van der Waals surface area contributed by atoms with E-state index in [1.54, 1.807) is 112 Å². The van der Waals surface area contributed by atoms with Gasteiger partial charge in [-0.3, -0.25) is 30.7 Å². The van der Waals surface area contributed by atoms with Crippen LogP contribution in [0.3, 0.4) is 0 Å². The summed E-state index contributed by atoms with van der Waals surface area (Å²) < 4.78 is 19.9. The maximum atomic E-state index is 12.4. The van der Waals surface area contributed by atoms with E-state index >= 15 is 0 Å². The second kappa shape index (κ2) is 33.3. The van der Waals surface area contributed by atoms with E-state index in [2.05, 4.69) is 69.4 Å². The zero-order valence-corrected chi connectivity index (χ0v) is 51.6. The number of halogens is 1. The number of aromatic carboxylic acids is 1. The van der Waals surface area contributed by atoms with Crippen LogP contribution in [-0.4, -0.2) is 109 Å². The van der Waals surface area contributed by atoms with E-state index in [0.717, 1.165) is 104 Å². The minimum atomic E-state index is -0.927. The molecule has 0 saturated heterocycles. The standard InChI is InChI=1S/C27H22N4O3.C20H20N4O3.C13H14N2O2.C8H10N2O2.ClH/c1-34-23-11-9-18(10-12-23)25-16-26(31-30-25)21-4-2-3-20(14-21)24-15-22(28-29-24)13-17-5-7-19(8-6-17)27(32)33;1-3-16-12-18(22-21-16)14-5-4-6-15(11-14)20(26)24-23-19(25)13-7-9-17(27-2)10-8-13;1-3-11-8-12(15-14-11)9-5-4-6-10(7-9)13(16)17-2;1-12-7-4-2-6(3-5-7)8(11)10-9;/h2-12,14H,13,15-16H2,1H3,(H,32,33);4-11H,3,12H2,1-2H3,(H,23,25)(H,24,26);4-7H,3,8H2,1-2H3;2-5H,9H2,1H3,(H,10,11);1H. The number of nitrogen functional groups attached to an aromatic ring is 1. The zero-order valence-electron chi connectivity index (χ0n) is 50.8. The van der Waals surface area contributed by atoms with E-state index in [1.807, 2.05) is 85.1 Å². The molecule has 4 heterocycles. The molecule has 0 fully saturated rings. The molecule has 22 nitrogen and oxygen atoms in total. The van der Waals surface area contributed by atoms with E-state index in [1.165, 1.54) is 7.11 Å². The Kier molecular flexibility index (Phi) is 24.7.